The Morgan fingerprint density at radius 2 is 2.08 bits per heavy atom. The Balaban J connectivity index is 2.64. The number of benzene rings is 1. The van der Waals surface area contributed by atoms with Crippen molar-refractivity contribution in [2.24, 2.45) is 4.99 Å². The predicted octanol–water partition coefficient (Wildman–Crippen LogP) is 1.61. The van der Waals surface area contributed by atoms with Gasteiger partial charge in [0.15, 0.2) is 0 Å². The van der Waals surface area contributed by atoms with E-state index in [0.717, 1.165) is 5.56 Å². The summed E-state index contributed by atoms with van der Waals surface area (Å²) in [7, 11) is 0. The van der Waals surface area contributed by atoms with Crippen molar-refractivity contribution in [3.63, 3.8) is 0 Å². The zero-order valence-corrected chi connectivity index (χ0v) is 6.77. The first kappa shape index (κ1) is 8.68. The number of hydrogen-bond acceptors (Lipinski definition) is 2. The molecule has 0 fully saturated rings. The van der Waals surface area contributed by atoms with Crippen LogP contribution in [0.4, 0.5) is 0 Å². The van der Waals surface area contributed by atoms with Crippen LogP contribution in [0.1, 0.15) is 5.56 Å². The van der Waals surface area contributed by atoms with Gasteiger partial charge in [0.1, 0.15) is 0 Å². The molecule has 0 saturated carbocycles. The first-order chi connectivity index (χ1) is 5.83. The quantitative estimate of drug-likeness (QED) is 0.671. The first-order valence-corrected chi connectivity index (χ1v) is 3.70. The molecule has 0 aliphatic heterocycles. The van der Waals surface area contributed by atoms with Gasteiger partial charge in [-0.05, 0) is 5.56 Å². The van der Waals surface area contributed by atoms with Gasteiger partial charge in [-0.15, -0.1) is 0 Å². The van der Waals surface area contributed by atoms with Crippen molar-refractivity contribution in [3.8, 4) is 0 Å². The maximum Gasteiger partial charge on any atom is 0.0846 e. The van der Waals surface area contributed by atoms with Crippen molar-refractivity contribution in [2.45, 2.75) is 0 Å². The summed E-state index contributed by atoms with van der Waals surface area (Å²) in [5.41, 5.74) is 1.48. The van der Waals surface area contributed by atoms with Crippen LogP contribution in [-0.4, -0.2) is 17.9 Å². The van der Waals surface area contributed by atoms with E-state index in [1.165, 1.54) is 0 Å². The fraction of sp³-hybridized carbons (Fsp3) is 0.100. The number of nitrogens with zero attached hydrogens (tertiary/aromatic N) is 1. The minimum atomic E-state index is -0.0939. The predicted molar refractivity (Wildman–Crippen MR) is 50.3 cm³/mol. The fourth-order valence-electron chi connectivity index (χ4n) is 0.746. The second-order valence-corrected chi connectivity index (χ2v) is 2.39. The summed E-state index contributed by atoms with van der Waals surface area (Å²) in [5.74, 6) is 0. The van der Waals surface area contributed by atoms with E-state index >= 15 is 0 Å². The van der Waals surface area contributed by atoms with E-state index in [0.29, 0.717) is 5.70 Å². The van der Waals surface area contributed by atoms with Gasteiger partial charge in [0.25, 0.3) is 0 Å². The van der Waals surface area contributed by atoms with E-state index < -0.39 is 0 Å². The molecule has 1 aromatic rings. The molecule has 0 aromatic heterocycles. The van der Waals surface area contributed by atoms with Crippen molar-refractivity contribution in [1.29, 1.82) is 0 Å². The van der Waals surface area contributed by atoms with E-state index in [9.17, 15) is 0 Å². The summed E-state index contributed by atoms with van der Waals surface area (Å²) in [6.45, 7) is 3.45. The second kappa shape index (κ2) is 4.46. The molecular weight excluding hydrogens is 150 g/mol. The van der Waals surface area contributed by atoms with Gasteiger partial charge < -0.3 is 5.11 Å². The lowest BCUT2D eigenvalue weighted by molar-refractivity contribution is 0.330. The van der Waals surface area contributed by atoms with Crippen molar-refractivity contribution in [1.82, 2.24) is 0 Å². The SMILES string of the molecule is C=C(CO)N=Cc1ccccc1. The molecule has 0 radical (unpaired) electrons. The zero-order valence-electron chi connectivity index (χ0n) is 6.77. The zero-order chi connectivity index (χ0) is 8.81. The van der Waals surface area contributed by atoms with Gasteiger partial charge >= 0.3 is 0 Å². The van der Waals surface area contributed by atoms with Crippen molar-refractivity contribution < 1.29 is 5.11 Å². The standard InChI is InChI=1S/C10H11NO/c1-9(8-12)11-7-10-5-3-2-4-6-10/h2-7,12H,1,8H2. The lowest BCUT2D eigenvalue weighted by Gasteiger charge is -1.92. The highest BCUT2D eigenvalue weighted by Crippen LogP contribution is 1.96. The molecule has 2 heteroatoms. The molecule has 0 saturated heterocycles. The molecule has 12 heavy (non-hydrogen) atoms. The van der Waals surface area contributed by atoms with Gasteiger partial charge in [0.2, 0.25) is 0 Å². The highest BCUT2D eigenvalue weighted by Gasteiger charge is 1.85. The minimum Gasteiger partial charge on any atom is -0.390 e. The molecule has 1 N–H and O–H groups in total. The highest BCUT2D eigenvalue weighted by atomic mass is 16.3. The minimum absolute atomic E-state index is 0.0939. The summed E-state index contributed by atoms with van der Waals surface area (Å²) >= 11 is 0. The molecule has 0 amide bonds. The van der Waals surface area contributed by atoms with Crippen LogP contribution in [0.15, 0.2) is 47.6 Å². The molecule has 0 bridgehead atoms. The van der Waals surface area contributed by atoms with Crippen LogP contribution in [0.5, 0.6) is 0 Å². The largest absolute Gasteiger partial charge is 0.390 e. The molecule has 2 nitrogen and oxygen atoms in total. The van der Waals surface area contributed by atoms with Crippen molar-refractivity contribution >= 4 is 6.21 Å². The summed E-state index contributed by atoms with van der Waals surface area (Å²) in [4.78, 5) is 3.94. The summed E-state index contributed by atoms with van der Waals surface area (Å²) in [5, 5.41) is 8.60. The maximum atomic E-state index is 8.60. The molecule has 0 unspecified atom stereocenters. The van der Waals surface area contributed by atoms with Crippen LogP contribution in [0, 0.1) is 0 Å². The smallest absolute Gasteiger partial charge is 0.0846 e. The Labute approximate surface area is 71.9 Å². The Morgan fingerprint density at radius 3 is 2.67 bits per heavy atom. The van der Waals surface area contributed by atoms with Crippen molar-refractivity contribution in [2.75, 3.05) is 6.61 Å². The van der Waals surface area contributed by atoms with Gasteiger partial charge in [-0.25, -0.2) is 0 Å². The van der Waals surface area contributed by atoms with Gasteiger partial charge in [-0.1, -0.05) is 36.9 Å². The van der Waals surface area contributed by atoms with Crippen LogP contribution in [-0.2, 0) is 0 Å². The Hall–Kier alpha value is -1.41. The number of hydrogen-bond donors (Lipinski definition) is 1. The number of aliphatic hydroxyl groups is 1. The molecule has 0 aliphatic carbocycles. The Kier molecular flexibility index (Phi) is 3.23. The maximum absolute atomic E-state index is 8.60. The third kappa shape index (κ3) is 2.68. The molecule has 0 spiro atoms. The van der Waals surface area contributed by atoms with Crippen molar-refractivity contribution in [3.05, 3.63) is 48.2 Å². The lowest BCUT2D eigenvalue weighted by Crippen LogP contribution is -1.85. The summed E-state index contributed by atoms with van der Waals surface area (Å²) in [6.07, 6.45) is 1.68. The highest BCUT2D eigenvalue weighted by molar-refractivity contribution is 5.80. The average Bonchev–Trinajstić information content (AvgIpc) is 2.16. The molecule has 0 heterocycles. The Bertz CT molecular complexity index is 277. The van der Waals surface area contributed by atoms with Gasteiger partial charge in [-0.2, -0.15) is 0 Å². The van der Waals surface area contributed by atoms with E-state index in [-0.39, 0.29) is 6.61 Å². The number of rotatable bonds is 3. The summed E-state index contributed by atoms with van der Waals surface area (Å²) < 4.78 is 0. The molecule has 62 valence electrons. The second-order valence-electron chi connectivity index (χ2n) is 2.39. The summed E-state index contributed by atoms with van der Waals surface area (Å²) in [6, 6.07) is 9.69. The molecule has 1 rings (SSSR count). The number of aliphatic imine (C=N–C) groups is 1. The monoisotopic (exact) mass is 161 g/mol. The normalized spacial score (nSPS) is 10.4. The average molecular weight is 161 g/mol. The molecule has 0 aliphatic rings. The van der Waals surface area contributed by atoms with Crippen LogP contribution >= 0.6 is 0 Å². The van der Waals surface area contributed by atoms with E-state index in [2.05, 4.69) is 11.6 Å². The van der Waals surface area contributed by atoms with Gasteiger partial charge in [0, 0.05) is 6.21 Å². The molecule has 1 aromatic carbocycles. The third-order valence-corrected chi connectivity index (χ3v) is 1.38. The van der Waals surface area contributed by atoms with E-state index in [4.69, 9.17) is 5.11 Å². The van der Waals surface area contributed by atoms with Gasteiger partial charge in [0.05, 0.1) is 12.3 Å². The van der Waals surface area contributed by atoms with E-state index in [1.54, 1.807) is 6.21 Å². The third-order valence-electron chi connectivity index (χ3n) is 1.38. The topological polar surface area (TPSA) is 32.6 Å². The van der Waals surface area contributed by atoms with Crippen LogP contribution < -0.4 is 0 Å². The van der Waals surface area contributed by atoms with Gasteiger partial charge in [-0.3, -0.25) is 4.99 Å². The molecule has 0 atom stereocenters. The first-order valence-electron chi connectivity index (χ1n) is 3.70. The van der Waals surface area contributed by atoms with Crippen LogP contribution in [0.25, 0.3) is 0 Å². The van der Waals surface area contributed by atoms with Crippen LogP contribution in [0.3, 0.4) is 0 Å². The lowest BCUT2D eigenvalue weighted by atomic mass is 10.2. The fourth-order valence-corrected chi connectivity index (χ4v) is 0.746. The Morgan fingerprint density at radius 1 is 1.42 bits per heavy atom. The van der Waals surface area contributed by atoms with Crippen LogP contribution in [0.2, 0.25) is 0 Å². The van der Waals surface area contributed by atoms with E-state index in [1.807, 2.05) is 30.3 Å². The number of aliphatic hydroxyl groups excluding tert-OH is 1. The molecular formula is C10H11NO.